The first kappa shape index (κ1) is 25.5. The number of aromatic amines is 1. The third kappa shape index (κ3) is 5.53. The van der Waals surface area contributed by atoms with Gasteiger partial charge in [-0.25, -0.2) is 0 Å². The van der Waals surface area contributed by atoms with Crippen LogP contribution in [0.2, 0.25) is 0 Å². The number of ether oxygens (including phenoxy) is 1. The van der Waals surface area contributed by atoms with Crippen LogP contribution in [0.25, 0.3) is 22.2 Å². The summed E-state index contributed by atoms with van der Waals surface area (Å²) in [5.74, 6) is 0.313. The molecule has 1 amide bonds. The molecule has 1 atom stereocenters. The van der Waals surface area contributed by atoms with Gasteiger partial charge in [-0.15, -0.1) is 0 Å². The van der Waals surface area contributed by atoms with Gasteiger partial charge >= 0.3 is 0 Å². The van der Waals surface area contributed by atoms with Gasteiger partial charge in [-0.3, -0.25) is 19.8 Å². The molecule has 2 aliphatic rings. The van der Waals surface area contributed by atoms with E-state index in [0.29, 0.717) is 17.5 Å². The molecule has 0 spiro atoms. The summed E-state index contributed by atoms with van der Waals surface area (Å²) >= 11 is 0. The van der Waals surface area contributed by atoms with Crippen molar-refractivity contribution in [3.05, 3.63) is 78.1 Å². The molecular formula is C31H36N6O2. The number of carbonyl (C=O) groups excluding carboxylic acids is 1. The van der Waals surface area contributed by atoms with Crippen molar-refractivity contribution in [2.24, 2.45) is 5.92 Å². The zero-order valence-electron chi connectivity index (χ0n) is 22.6. The molecule has 4 heterocycles. The molecule has 2 aliphatic heterocycles. The fourth-order valence-corrected chi connectivity index (χ4v) is 5.53. The number of amides is 1. The summed E-state index contributed by atoms with van der Waals surface area (Å²) in [4.78, 5) is 22.8. The molecule has 2 N–H and O–H groups in total. The maximum atomic E-state index is 13.3. The molecule has 0 radical (unpaired) electrons. The molecular weight excluding hydrogens is 488 g/mol. The van der Waals surface area contributed by atoms with E-state index in [2.05, 4.69) is 68.4 Å². The van der Waals surface area contributed by atoms with Crippen LogP contribution in [0.5, 0.6) is 0 Å². The second-order valence-corrected chi connectivity index (χ2v) is 11.0. The molecule has 2 aromatic carbocycles. The SMILES string of the molecule is CC(C)CC(NC(=O)c1ccc2[nH]nc(-c3ccc(N4CCN(C5COC5)CC4)cc3)c2c1)c1ccccn1. The topological polar surface area (TPSA) is 86.4 Å². The van der Waals surface area contributed by atoms with Gasteiger partial charge in [-0.2, -0.15) is 5.10 Å². The lowest BCUT2D eigenvalue weighted by Crippen LogP contribution is -2.56. The Kier molecular flexibility index (Phi) is 7.30. The molecule has 6 rings (SSSR count). The predicted octanol–water partition coefficient (Wildman–Crippen LogP) is 4.66. The molecule has 8 heteroatoms. The molecule has 0 aliphatic carbocycles. The van der Waals surface area contributed by atoms with E-state index in [0.717, 1.165) is 73.7 Å². The zero-order valence-corrected chi connectivity index (χ0v) is 22.6. The van der Waals surface area contributed by atoms with Crippen LogP contribution in [-0.4, -0.2) is 71.4 Å². The average Bonchev–Trinajstić information content (AvgIpc) is 3.36. The standard InChI is InChI=1S/C31H36N6O2/c1-21(2)17-29(28-5-3-4-12-32-28)33-31(38)23-8-11-27-26(18-23)30(35-34-27)22-6-9-24(10-7-22)36-13-15-37(16-14-36)25-19-39-20-25/h3-12,18,21,25,29H,13-17,19-20H2,1-2H3,(H,33,38)(H,34,35). The zero-order chi connectivity index (χ0) is 26.8. The highest BCUT2D eigenvalue weighted by Gasteiger charge is 2.29. The highest BCUT2D eigenvalue weighted by Crippen LogP contribution is 2.30. The highest BCUT2D eigenvalue weighted by molar-refractivity contribution is 6.01. The van der Waals surface area contributed by atoms with Crippen molar-refractivity contribution in [3.8, 4) is 11.3 Å². The molecule has 2 saturated heterocycles. The van der Waals surface area contributed by atoms with Gasteiger partial charge in [0.1, 0.15) is 0 Å². The number of fused-ring (bicyclic) bond motifs is 1. The molecule has 39 heavy (non-hydrogen) atoms. The van der Waals surface area contributed by atoms with E-state index < -0.39 is 0 Å². The quantitative estimate of drug-likeness (QED) is 0.349. The van der Waals surface area contributed by atoms with Crippen LogP contribution in [0.15, 0.2) is 66.9 Å². The van der Waals surface area contributed by atoms with Crippen LogP contribution in [0.1, 0.15) is 42.4 Å². The molecule has 8 nitrogen and oxygen atoms in total. The summed E-state index contributed by atoms with van der Waals surface area (Å²) in [5.41, 5.74) is 5.51. The number of anilines is 1. The highest BCUT2D eigenvalue weighted by atomic mass is 16.5. The normalized spacial score (nSPS) is 17.4. The number of nitrogens with one attached hydrogen (secondary N) is 2. The lowest BCUT2D eigenvalue weighted by atomic mass is 9.99. The predicted molar refractivity (Wildman–Crippen MR) is 154 cm³/mol. The van der Waals surface area contributed by atoms with Crippen molar-refractivity contribution in [1.82, 2.24) is 25.4 Å². The molecule has 0 saturated carbocycles. The Morgan fingerprint density at radius 2 is 1.85 bits per heavy atom. The first-order valence-corrected chi connectivity index (χ1v) is 13.9. The van der Waals surface area contributed by atoms with E-state index in [1.165, 1.54) is 5.69 Å². The minimum atomic E-state index is -0.144. The maximum Gasteiger partial charge on any atom is 0.251 e. The Morgan fingerprint density at radius 1 is 1.05 bits per heavy atom. The van der Waals surface area contributed by atoms with Crippen LogP contribution in [-0.2, 0) is 4.74 Å². The summed E-state index contributed by atoms with van der Waals surface area (Å²) in [5, 5.41) is 11.9. The fourth-order valence-electron chi connectivity index (χ4n) is 5.53. The number of piperazine rings is 1. The fraction of sp³-hybridized carbons (Fsp3) is 0.387. The van der Waals surface area contributed by atoms with Gasteiger partial charge in [0, 0.05) is 54.6 Å². The Labute approximate surface area is 229 Å². The van der Waals surface area contributed by atoms with E-state index in [4.69, 9.17) is 4.74 Å². The number of H-pyrrole nitrogens is 1. The van der Waals surface area contributed by atoms with Gasteiger partial charge in [0.2, 0.25) is 0 Å². The minimum Gasteiger partial charge on any atom is -0.378 e. The number of nitrogens with zero attached hydrogens (tertiary/aromatic N) is 4. The number of pyridine rings is 1. The van der Waals surface area contributed by atoms with Gasteiger partial charge < -0.3 is 15.0 Å². The third-order valence-corrected chi connectivity index (χ3v) is 7.84. The number of aromatic nitrogens is 3. The van der Waals surface area contributed by atoms with Crippen LogP contribution in [0, 0.1) is 5.92 Å². The smallest absolute Gasteiger partial charge is 0.251 e. The lowest BCUT2D eigenvalue weighted by Gasteiger charge is -2.43. The second-order valence-electron chi connectivity index (χ2n) is 11.0. The molecule has 0 bridgehead atoms. The number of benzene rings is 2. The van der Waals surface area contributed by atoms with Crippen LogP contribution < -0.4 is 10.2 Å². The number of hydrogen-bond donors (Lipinski definition) is 2. The van der Waals surface area contributed by atoms with E-state index >= 15 is 0 Å². The van der Waals surface area contributed by atoms with Crippen LogP contribution in [0.3, 0.4) is 0 Å². The van der Waals surface area contributed by atoms with Gasteiger partial charge in [0.05, 0.1) is 42.2 Å². The van der Waals surface area contributed by atoms with Crippen LogP contribution >= 0.6 is 0 Å². The molecule has 202 valence electrons. The molecule has 2 aromatic heterocycles. The molecule has 4 aromatic rings. The average molecular weight is 525 g/mol. The molecule has 1 unspecified atom stereocenters. The third-order valence-electron chi connectivity index (χ3n) is 7.84. The van der Waals surface area contributed by atoms with Crippen molar-refractivity contribution >= 4 is 22.5 Å². The first-order chi connectivity index (χ1) is 19.0. The van der Waals surface area contributed by atoms with E-state index in [1.54, 1.807) is 6.20 Å². The largest absolute Gasteiger partial charge is 0.378 e. The number of hydrogen-bond acceptors (Lipinski definition) is 6. The summed E-state index contributed by atoms with van der Waals surface area (Å²) in [6.45, 7) is 10.2. The Hall–Kier alpha value is -3.75. The summed E-state index contributed by atoms with van der Waals surface area (Å²) in [6.07, 6.45) is 2.59. The van der Waals surface area contributed by atoms with Crippen molar-refractivity contribution in [3.63, 3.8) is 0 Å². The summed E-state index contributed by atoms with van der Waals surface area (Å²) in [6, 6.07) is 20.6. The number of carbonyl (C=O) groups is 1. The summed E-state index contributed by atoms with van der Waals surface area (Å²) < 4.78 is 5.36. The van der Waals surface area contributed by atoms with Crippen LogP contribution in [0.4, 0.5) is 5.69 Å². The minimum absolute atomic E-state index is 0.108. The lowest BCUT2D eigenvalue weighted by molar-refractivity contribution is -0.0660. The van der Waals surface area contributed by atoms with Gasteiger partial charge in [0.25, 0.3) is 5.91 Å². The second kappa shape index (κ2) is 11.2. The van der Waals surface area contributed by atoms with Crippen molar-refractivity contribution < 1.29 is 9.53 Å². The summed E-state index contributed by atoms with van der Waals surface area (Å²) in [7, 11) is 0. The van der Waals surface area contributed by atoms with E-state index in [9.17, 15) is 4.79 Å². The van der Waals surface area contributed by atoms with Gasteiger partial charge in [-0.05, 0) is 54.8 Å². The monoisotopic (exact) mass is 524 g/mol. The Morgan fingerprint density at radius 3 is 2.51 bits per heavy atom. The Bertz CT molecular complexity index is 1410. The number of rotatable bonds is 8. The molecule has 2 fully saturated rings. The van der Waals surface area contributed by atoms with Gasteiger partial charge in [-0.1, -0.05) is 32.0 Å². The van der Waals surface area contributed by atoms with E-state index in [-0.39, 0.29) is 11.9 Å². The van der Waals surface area contributed by atoms with Gasteiger partial charge in [0.15, 0.2) is 0 Å². The first-order valence-electron chi connectivity index (χ1n) is 13.9. The van der Waals surface area contributed by atoms with Crippen molar-refractivity contribution in [2.75, 3.05) is 44.3 Å². The van der Waals surface area contributed by atoms with E-state index in [1.807, 2.05) is 36.4 Å². The van der Waals surface area contributed by atoms with Crippen molar-refractivity contribution in [2.45, 2.75) is 32.4 Å². The Balaban J connectivity index is 1.18. The maximum absolute atomic E-state index is 13.3. The van der Waals surface area contributed by atoms with Crippen molar-refractivity contribution in [1.29, 1.82) is 0 Å².